The molecule has 0 amide bonds. The highest BCUT2D eigenvalue weighted by molar-refractivity contribution is 5.95. The van der Waals surface area contributed by atoms with Gasteiger partial charge in [-0.1, -0.05) is 0 Å². The van der Waals surface area contributed by atoms with E-state index in [0.29, 0.717) is 13.1 Å². The lowest BCUT2D eigenvalue weighted by atomic mass is 10.0. The number of esters is 2. The topological polar surface area (TPSA) is 116 Å². The fourth-order valence-corrected chi connectivity index (χ4v) is 4.13. The second-order valence-electron chi connectivity index (χ2n) is 8.46. The highest BCUT2D eigenvalue weighted by Gasteiger charge is 2.29. The Balaban J connectivity index is 2.01. The number of halogens is 2. The molecule has 2 heterocycles. The largest absolute Gasteiger partial charge is 0.462 e. The Bertz CT molecular complexity index is 1420. The number of nitrogens with one attached hydrogen (secondary N) is 1. The SMILES string of the molecule is CCOC(=O)c1cn(-c2cc(N)c(F)cc2COC(C)=O)c2cc(N3CC(NC)C3)c(F)cc2c1=O. The van der Waals surface area contributed by atoms with Crippen LogP contribution in [-0.4, -0.2) is 49.3 Å². The fourth-order valence-electron chi connectivity index (χ4n) is 4.13. The molecule has 190 valence electrons. The number of carbonyl (C=O) groups excluding carboxylic acids is 2. The van der Waals surface area contributed by atoms with Crippen molar-refractivity contribution < 1.29 is 27.8 Å². The third-order valence-corrected chi connectivity index (χ3v) is 6.09. The van der Waals surface area contributed by atoms with Gasteiger partial charge in [0.1, 0.15) is 23.8 Å². The van der Waals surface area contributed by atoms with Crippen molar-refractivity contribution in [1.29, 1.82) is 0 Å². The number of anilines is 2. The van der Waals surface area contributed by atoms with Gasteiger partial charge in [-0.2, -0.15) is 0 Å². The third kappa shape index (κ3) is 4.61. The van der Waals surface area contributed by atoms with Crippen LogP contribution >= 0.6 is 0 Å². The number of nitrogens with zero attached hydrogens (tertiary/aromatic N) is 2. The van der Waals surface area contributed by atoms with E-state index in [1.54, 1.807) is 6.92 Å². The quantitative estimate of drug-likeness (QED) is 0.376. The molecule has 0 saturated carbocycles. The van der Waals surface area contributed by atoms with Crippen molar-refractivity contribution in [2.75, 3.05) is 37.4 Å². The number of pyridine rings is 1. The molecule has 0 bridgehead atoms. The summed E-state index contributed by atoms with van der Waals surface area (Å²) in [5.74, 6) is -2.84. The Kier molecular flexibility index (Phi) is 6.93. The molecule has 9 nitrogen and oxygen atoms in total. The first kappa shape index (κ1) is 25.1. The zero-order valence-corrected chi connectivity index (χ0v) is 20.1. The van der Waals surface area contributed by atoms with Crippen LogP contribution in [-0.2, 0) is 20.9 Å². The van der Waals surface area contributed by atoms with Gasteiger partial charge in [0.05, 0.1) is 29.2 Å². The van der Waals surface area contributed by atoms with E-state index in [0.717, 1.165) is 12.1 Å². The van der Waals surface area contributed by atoms with Crippen LogP contribution in [0.4, 0.5) is 20.2 Å². The van der Waals surface area contributed by atoms with Gasteiger partial charge in [-0.3, -0.25) is 9.59 Å². The minimum absolute atomic E-state index is 0.0202. The highest BCUT2D eigenvalue weighted by Crippen LogP contribution is 2.31. The Morgan fingerprint density at radius 2 is 1.83 bits per heavy atom. The van der Waals surface area contributed by atoms with Gasteiger partial charge >= 0.3 is 11.9 Å². The summed E-state index contributed by atoms with van der Waals surface area (Å²) in [5.41, 5.74) is 5.59. The molecule has 0 unspecified atom stereocenters. The van der Waals surface area contributed by atoms with Crippen molar-refractivity contribution >= 4 is 34.2 Å². The average molecular weight is 501 g/mol. The molecule has 11 heteroatoms. The number of ether oxygens (including phenoxy) is 2. The van der Waals surface area contributed by atoms with Crippen molar-refractivity contribution in [3.05, 3.63) is 63.4 Å². The molecule has 1 fully saturated rings. The number of rotatable bonds is 7. The standard InChI is InChI=1S/C25H26F2N4O5/c1-4-35-25(34)17-11-31(21-7-20(28)18(26)5-14(21)12-36-13(2)32)22-8-23(30-9-15(10-30)29-3)19(27)6-16(22)24(17)33/h5-8,11,15,29H,4,9-10,12,28H2,1-3H3. The Morgan fingerprint density at radius 1 is 1.11 bits per heavy atom. The molecule has 0 spiro atoms. The van der Waals surface area contributed by atoms with E-state index in [9.17, 15) is 18.8 Å². The van der Waals surface area contributed by atoms with Crippen LogP contribution in [0.25, 0.3) is 16.6 Å². The number of carbonyl (C=O) groups is 2. The molecular formula is C25H26F2N4O5. The summed E-state index contributed by atoms with van der Waals surface area (Å²) in [6.07, 6.45) is 1.25. The number of nitrogen functional groups attached to an aromatic ring is 1. The fraction of sp³-hybridized carbons (Fsp3) is 0.320. The van der Waals surface area contributed by atoms with Gasteiger partial charge < -0.3 is 30.0 Å². The van der Waals surface area contributed by atoms with Gasteiger partial charge in [0.2, 0.25) is 5.43 Å². The number of benzene rings is 2. The molecule has 2 aromatic carbocycles. The lowest BCUT2D eigenvalue weighted by Gasteiger charge is -2.41. The monoisotopic (exact) mass is 500 g/mol. The third-order valence-electron chi connectivity index (χ3n) is 6.09. The van der Waals surface area contributed by atoms with Crippen LogP contribution in [0.5, 0.6) is 0 Å². The van der Waals surface area contributed by atoms with Gasteiger partial charge in [0.15, 0.2) is 0 Å². The van der Waals surface area contributed by atoms with Gasteiger partial charge in [0, 0.05) is 43.2 Å². The van der Waals surface area contributed by atoms with E-state index in [1.165, 1.54) is 29.8 Å². The zero-order valence-electron chi connectivity index (χ0n) is 20.1. The molecule has 3 N–H and O–H groups in total. The van der Waals surface area contributed by atoms with E-state index < -0.39 is 29.0 Å². The molecule has 4 rings (SSSR count). The lowest BCUT2D eigenvalue weighted by molar-refractivity contribution is -0.142. The molecule has 0 aliphatic carbocycles. The number of fused-ring (bicyclic) bond motifs is 1. The first-order valence-corrected chi connectivity index (χ1v) is 11.3. The van der Waals surface area contributed by atoms with Crippen LogP contribution in [0, 0.1) is 11.6 Å². The second kappa shape index (κ2) is 9.94. The zero-order chi connectivity index (χ0) is 26.1. The maximum Gasteiger partial charge on any atom is 0.343 e. The maximum absolute atomic E-state index is 15.2. The molecule has 1 aromatic heterocycles. The van der Waals surface area contributed by atoms with Crippen LogP contribution < -0.4 is 21.4 Å². The lowest BCUT2D eigenvalue weighted by Crippen LogP contribution is -2.57. The summed E-state index contributed by atoms with van der Waals surface area (Å²) in [6, 6.07) is 5.19. The summed E-state index contributed by atoms with van der Waals surface area (Å²) in [7, 11) is 1.82. The van der Waals surface area contributed by atoms with Crippen LogP contribution in [0.3, 0.4) is 0 Å². The second-order valence-corrected chi connectivity index (χ2v) is 8.46. The van der Waals surface area contributed by atoms with Gasteiger partial charge in [-0.15, -0.1) is 0 Å². The van der Waals surface area contributed by atoms with Crippen molar-refractivity contribution in [2.24, 2.45) is 0 Å². The molecule has 1 aliphatic heterocycles. The number of nitrogens with two attached hydrogens (primary N) is 1. The number of aromatic nitrogens is 1. The molecule has 0 radical (unpaired) electrons. The first-order chi connectivity index (χ1) is 17.1. The normalized spacial score (nSPS) is 13.5. The highest BCUT2D eigenvalue weighted by atomic mass is 19.1. The minimum Gasteiger partial charge on any atom is -0.462 e. The molecule has 0 atom stereocenters. The molecule has 1 saturated heterocycles. The summed E-state index contributed by atoms with van der Waals surface area (Å²) < 4.78 is 41.1. The Labute approximate surface area is 205 Å². The molecule has 3 aromatic rings. The van der Waals surface area contributed by atoms with Crippen LogP contribution in [0.15, 0.2) is 35.3 Å². The summed E-state index contributed by atoms with van der Waals surface area (Å²) >= 11 is 0. The van der Waals surface area contributed by atoms with Gasteiger partial charge in [-0.25, -0.2) is 13.6 Å². The van der Waals surface area contributed by atoms with Crippen LogP contribution in [0.2, 0.25) is 0 Å². The average Bonchev–Trinajstić information content (AvgIpc) is 2.80. The molecule has 1 aliphatic rings. The number of likely N-dealkylation sites (N-methyl/N-ethyl adjacent to an activating group) is 1. The molecular weight excluding hydrogens is 474 g/mol. The van der Waals surface area contributed by atoms with Gasteiger partial charge in [0.25, 0.3) is 0 Å². The van der Waals surface area contributed by atoms with Crippen molar-refractivity contribution in [3.63, 3.8) is 0 Å². The first-order valence-electron chi connectivity index (χ1n) is 11.3. The summed E-state index contributed by atoms with van der Waals surface area (Å²) in [5, 5.41) is 3.04. The summed E-state index contributed by atoms with van der Waals surface area (Å²) in [6.45, 7) is 3.64. The number of hydrogen-bond donors (Lipinski definition) is 2. The van der Waals surface area contributed by atoms with E-state index >= 15 is 4.39 Å². The van der Waals surface area contributed by atoms with Crippen LogP contribution in [0.1, 0.15) is 29.8 Å². The number of hydrogen-bond acceptors (Lipinski definition) is 8. The Hall–Kier alpha value is -3.99. The van der Waals surface area contributed by atoms with E-state index in [4.69, 9.17) is 15.2 Å². The van der Waals surface area contributed by atoms with E-state index in [2.05, 4.69) is 5.32 Å². The van der Waals surface area contributed by atoms with Crippen molar-refractivity contribution in [3.8, 4) is 5.69 Å². The molecule has 36 heavy (non-hydrogen) atoms. The maximum atomic E-state index is 15.2. The van der Waals surface area contributed by atoms with Crippen molar-refractivity contribution in [1.82, 2.24) is 9.88 Å². The Morgan fingerprint density at radius 3 is 2.47 bits per heavy atom. The predicted molar refractivity (Wildman–Crippen MR) is 130 cm³/mol. The summed E-state index contributed by atoms with van der Waals surface area (Å²) in [4.78, 5) is 39.0. The van der Waals surface area contributed by atoms with E-state index in [-0.39, 0.29) is 58.3 Å². The van der Waals surface area contributed by atoms with Crippen molar-refractivity contribution in [2.45, 2.75) is 26.5 Å². The predicted octanol–water partition coefficient (Wildman–Crippen LogP) is 2.50. The van der Waals surface area contributed by atoms with E-state index in [1.807, 2.05) is 11.9 Å². The minimum atomic E-state index is -0.890. The smallest absolute Gasteiger partial charge is 0.343 e. The van der Waals surface area contributed by atoms with Gasteiger partial charge in [-0.05, 0) is 38.2 Å².